The van der Waals surface area contributed by atoms with Gasteiger partial charge in [0.05, 0.1) is 15.1 Å². The number of hydrazine groups is 1. The van der Waals surface area contributed by atoms with Crippen LogP contribution in [0.4, 0.5) is 16.3 Å². The summed E-state index contributed by atoms with van der Waals surface area (Å²) in [4.78, 5) is 39.5. The fourth-order valence-electron chi connectivity index (χ4n) is 4.65. The molecule has 3 amide bonds. The van der Waals surface area contributed by atoms with E-state index in [1.54, 1.807) is 35.4 Å². The van der Waals surface area contributed by atoms with E-state index in [0.717, 1.165) is 5.82 Å². The van der Waals surface area contributed by atoms with E-state index in [1.165, 1.54) is 0 Å². The van der Waals surface area contributed by atoms with Crippen LogP contribution in [0.1, 0.15) is 19.3 Å². The van der Waals surface area contributed by atoms with Crippen LogP contribution in [0.3, 0.4) is 0 Å². The molecule has 0 saturated carbocycles. The van der Waals surface area contributed by atoms with E-state index in [9.17, 15) is 9.59 Å². The summed E-state index contributed by atoms with van der Waals surface area (Å²) in [5.41, 5.74) is 3.31. The molecule has 0 aliphatic carbocycles. The molecule has 37 heavy (non-hydrogen) atoms. The third-order valence-electron chi connectivity index (χ3n) is 6.81. The van der Waals surface area contributed by atoms with Gasteiger partial charge in [0.25, 0.3) is 5.91 Å². The minimum Gasteiger partial charge on any atom is -0.388 e. The van der Waals surface area contributed by atoms with Crippen molar-refractivity contribution in [1.29, 1.82) is 0 Å². The molecule has 4 heterocycles. The van der Waals surface area contributed by atoms with Gasteiger partial charge in [-0.3, -0.25) is 10.2 Å². The second-order valence-corrected chi connectivity index (χ2v) is 10.5. The first kappa shape index (κ1) is 25.8. The second-order valence-electron chi connectivity index (χ2n) is 9.26. The Balaban J connectivity index is 1.07. The molecule has 2 aromatic rings. The summed E-state index contributed by atoms with van der Waals surface area (Å²) >= 11 is 18.2. The van der Waals surface area contributed by atoms with Gasteiger partial charge in [-0.25, -0.2) is 14.8 Å². The van der Waals surface area contributed by atoms with Crippen LogP contribution in [-0.2, 0) is 9.63 Å². The standard InChI is InChI=1S/C24H26Cl3N7O3/c25-17-4-3-16(14-19(17)27)29-23(36)33-8-5-24(6-9-33)15-20(31-37-24)22(35)30-34-12-10-32(11-13-34)21-18(26)2-1-7-28-21/h1-4,7,14H,5-6,8-13,15H2,(H,29,36)(H,30,35). The molecule has 196 valence electrons. The summed E-state index contributed by atoms with van der Waals surface area (Å²) in [6.07, 6.45) is 3.28. The van der Waals surface area contributed by atoms with Crippen molar-refractivity contribution in [1.82, 2.24) is 20.3 Å². The fraction of sp³-hybridized carbons (Fsp3) is 0.417. The average molecular weight is 567 g/mol. The van der Waals surface area contributed by atoms with E-state index < -0.39 is 5.60 Å². The molecule has 0 atom stereocenters. The average Bonchev–Trinajstić information content (AvgIpc) is 3.31. The third kappa shape index (κ3) is 5.87. The highest BCUT2D eigenvalue weighted by molar-refractivity contribution is 6.42. The van der Waals surface area contributed by atoms with Gasteiger partial charge < -0.3 is 20.0 Å². The Morgan fingerprint density at radius 1 is 0.946 bits per heavy atom. The first-order chi connectivity index (χ1) is 17.8. The smallest absolute Gasteiger partial charge is 0.321 e. The summed E-state index contributed by atoms with van der Waals surface area (Å²) in [6, 6.07) is 8.34. The van der Waals surface area contributed by atoms with Crippen molar-refractivity contribution in [2.75, 3.05) is 49.5 Å². The first-order valence-electron chi connectivity index (χ1n) is 12.0. The summed E-state index contributed by atoms with van der Waals surface area (Å²) in [5.74, 6) is 0.489. The zero-order chi connectivity index (χ0) is 26.0. The lowest BCUT2D eigenvalue weighted by atomic mass is 9.87. The lowest BCUT2D eigenvalue weighted by molar-refractivity contribution is -0.119. The van der Waals surface area contributed by atoms with E-state index in [2.05, 4.69) is 25.8 Å². The maximum atomic E-state index is 12.9. The lowest BCUT2D eigenvalue weighted by Gasteiger charge is -2.37. The Bertz CT molecular complexity index is 1210. The van der Waals surface area contributed by atoms with Gasteiger partial charge in [0.15, 0.2) is 0 Å². The predicted molar refractivity (Wildman–Crippen MR) is 143 cm³/mol. The number of carbonyl (C=O) groups excluding carboxylic acids is 2. The number of anilines is 2. The summed E-state index contributed by atoms with van der Waals surface area (Å²) in [6.45, 7) is 3.58. The molecule has 3 aliphatic heterocycles. The van der Waals surface area contributed by atoms with E-state index in [-0.39, 0.29) is 11.9 Å². The van der Waals surface area contributed by atoms with E-state index in [1.807, 2.05) is 11.1 Å². The van der Waals surface area contributed by atoms with Crippen LogP contribution in [0, 0.1) is 0 Å². The number of amides is 3. The van der Waals surface area contributed by atoms with Crippen LogP contribution in [0.2, 0.25) is 15.1 Å². The van der Waals surface area contributed by atoms with Crippen molar-refractivity contribution in [3.05, 3.63) is 51.6 Å². The molecule has 0 radical (unpaired) electrons. The quantitative estimate of drug-likeness (QED) is 0.579. The Hall–Kier alpha value is -2.79. The normalized spacial score (nSPS) is 19.4. The molecule has 0 unspecified atom stereocenters. The van der Waals surface area contributed by atoms with Crippen molar-refractivity contribution in [2.45, 2.75) is 24.9 Å². The number of hydrogen-bond acceptors (Lipinski definition) is 7. The van der Waals surface area contributed by atoms with Crippen molar-refractivity contribution in [3.63, 3.8) is 0 Å². The highest BCUT2D eigenvalue weighted by Crippen LogP contribution is 2.35. The highest BCUT2D eigenvalue weighted by atomic mass is 35.5. The first-order valence-corrected chi connectivity index (χ1v) is 13.1. The van der Waals surface area contributed by atoms with Crippen molar-refractivity contribution in [2.24, 2.45) is 5.16 Å². The Morgan fingerprint density at radius 3 is 2.41 bits per heavy atom. The number of carbonyl (C=O) groups is 2. The van der Waals surface area contributed by atoms with Crippen LogP contribution in [-0.4, -0.2) is 77.4 Å². The van der Waals surface area contributed by atoms with Gasteiger partial charge in [-0.15, -0.1) is 0 Å². The second kappa shape index (κ2) is 10.9. The number of hydrogen-bond donors (Lipinski definition) is 2. The third-order valence-corrected chi connectivity index (χ3v) is 7.85. The molecule has 3 aliphatic rings. The fourth-order valence-corrected chi connectivity index (χ4v) is 5.19. The number of halogens is 3. The molecule has 13 heteroatoms. The van der Waals surface area contributed by atoms with Gasteiger partial charge in [0.2, 0.25) is 0 Å². The number of piperidine rings is 1. The van der Waals surface area contributed by atoms with Crippen LogP contribution >= 0.6 is 34.8 Å². The van der Waals surface area contributed by atoms with Gasteiger partial charge in [-0.05, 0) is 30.3 Å². The molecule has 2 N–H and O–H groups in total. The number of aromatic nitrogens is 1. The zero-order valence-corrected chi connectivity index (χ0v) is 22.2. The number of rotatable bonds is 4. The molecule has 1 aromatic carbocycles. The minimum atomic E-state index is -0.568. The molecule has 1 spiro atoms. The summed E-state index contributed by atoms with van der Waals surface area (Å²) < 4.78 is 0. The Morgan fingerprint density at radius 2 is 1.70 bits per heavy atom. The number of benzene rings is 1. The molecule has 2 fully saturated rings. The van der Waals surface area contributed by atoms with Gasteiger partial charge in [0.1, 0.15) is 17.1 Å². The molecule has 0 bridgehead atoms. The summed E-state index contributed by atoms with van der Waals surface area (Å²) in [5, 5.41) is 10.2. The number of urea groups is 1. The number of pyridine rings is 1. The maximum absolute atomic E-state index is 12.9. The predicted octanol–water partition coefficient (Wildman–Crippen LogP) is 4.04. The Labute approximate surface area is 229 Å². The molecule has 1 aromatic heterocycles. The van der Waals surface area contributed by atoms with E-state index in [4.69, 9.17) is 39.6 Å². The SMILES string of the molecule is O=C(NN1CCN(c2ncccc2Cl)CC1)C1=NOC2(CCN(C(=O)Nc3ccc(Cl)c(Cl)c3)CC2)C1. The van der Waals surface area contributed by atoms with Crippen LogP contribution in [0.25, 0.3) is 0 Å². The molecular weight excluding hydrogens is 541 g/mol. The lowest BCUT2D eigenvalue weighted by Crippen LogP contribution is -2.55. The molecular formula is C24H26Cl3N7O3. The molecule has 2 saturated heterocycles. The van der Waals surface area contributed by atoms with E-state index in [0.29, 0.717) is 85.0 Å². The van der Waals surface area contributed by atoms with Crippen LogP contribution in [0.5, 0.6) is 0 Å². The number of likely N-dealkylation sites (tertiary alicyclic amines) is 1. The van der Waals surface area contributed by atoms with Gasteiger partial charge in [-0.2, -0.15) is 0 Å². The maximum Gasteiger partial charge on any atom is 0.321 e. The molecule has 5 rings (SSSR count). The van der Waals surface area contributed by atoms with Gasteiger partial charge in [-0.1, -0.05) is 40.0 Å². The highest BCUT2D eigenvalue weighted by Gasteiger charge is 2.44. The molecule has 10 nitrogen and oxygen atoms in total. The van der Waals surface area contributed by atoms with Crippen molar-refractivity contribution >= 4 is 64.0 Å². The van der Waals surface area contributed by atoms with Gasteiger partial charge >= 0.3 is 6.03 Å². The van der Waals surface area contributed by atoms with Gasteiger partial charge in [0, 0.05) is 70.4 Å². The number of oxime groups is 1. The van der Waals surface area contributed by atoms with Crippen molar-refractivity contribution < 1.29 is 14.4 Å². The van der Waals surface area contributed by atoms with Crippen molar-refractivity contribution in [3.8, 4) is 0 Å². The number of piperazine rings is 1. The topological polar surface area (TPSA) is 102 Å². The van der Waals surface area contributed by atoms with Crippen LogP contribution < -0.4 is 15.6 Å². The largest absolute Gasteiger partial charge is 0.388 e. The monoisotopic (exact) mass is 565 g/mol. The van der Waals surface area contributed by atoms with E-state index >= 15 is 0 Å². The minimum absolute atomic E-state index is 0.226. The zero-order valence-electron chi connectivity index (χ0n) is 19.9. The number of nitrogens with one attached hydrogen (secondary N) is 2. The number of nitrogens with zero attached hydrogens (tertiary/aromatic N) is 5. The Kier molecular flexibility index (Phi) is 7.62. The summed E-state index contributed by atoms with van der Waals surface area (Å²) in [7, 11) is 0. The van der Waals surface area contributed by atoms with Crippen LogP contribution in [0.15, 0.2) is 41.7 Å².